The molecule has 0 N–H and O–H groups in total. The highest BCUT2D eigenvalue weighted by Crippen LogP contribution is 2.09. The molecule has 2 rings (SSSR count). The number of hydrogen-bond acceptors (Lipinski definition) is 3. The predicted molar refractivity (Wildman–Crippen MR) is 54.6 cm³/mol. The van der Waals surface area contributed by atoms with E-state index in [0.29, 0.717) is 11.4 Å². The van der Waals surface area contributed by atoms with Crippen LogP contribution >= 0.6 is 0 Å². The Hall–Kier alpha value is -1.91. The number of carbonyl (C=O) groups excluding carboxylic acids is 1. The van der Waals surface area contributed by atoms with Crippen LogP contribution in [0.15, 0.2) is 18.7 Å². The number of ketones is 1. The van der Waals surface area contributed by atoms with Gasteiger partial charge in [0, 0.05) is 14.1 Å². The van der Waals surface area contributed by atoms with Crippen molar-refractivity contribution in [1.29, 1.82) is 0 Å². The van der Waals surface area contributed by atoms with Gasteiger partial charge >= 0.3 is 0 Å². The summed E-state index contributed by atoms with van der Waals surface area (Å²) in [4.78, 5) is 20.0. The topological polar surface area (TPSA) is 52.7 Å². The molecule has 0 aliphatic rings. The minimum absolute atomic E-state index is 0.0573. The van der Waals surface area contributed by atoms with Crippen LogP contribution in [0.2, 0.25) is 0 Å². The van der Waals surface area contributed by atoms with Crippen LogP contribution in [0.4, 0.5) is 0 Å². The van der Waals surface area contributed by atoms with E-state index in [2.05, 4.69) is 9.97 Å². The summed E-state index contributed by atoms with van der Waals surface area (Å²) in [6, 6.07) is 0. The van der Waals surface area contributed by atoms with Crippen LogP contribution in [-0.2, 0) is 14.1 Å². The molecule has 0 aromatic carbocycles. The Kier molecular flexibility index (Phi) is 2.15. The van der Waals surface area contributed by atoms with E-state index >= 15 is 0 Å². The SMILES string of the molecule is Cc1ncc(C(=O)c2cncn2C)n1C. The van der Waals surface area contributed by atoms with Crippen LogP contribution in [-0.4, -0.2) is 24.9 Å². The number of hydrogen-bond donors (Lipinski definition) is 0. The van der Waals surface area contributed by atoms with Crippen molar-refractivity contribution in [3.63, 3.8) is 0 Å². The molecule has 5 heteroatoms. The highest BCUT2D eigenvalue weighted by molar-refractivity contribution is 6.06. The first kappa shape index (κ1) is 9.64. The Balaban J connectivity index is 2.46. The average molecular weight is 204 g/mol. The molecule has 0 aliphatic heterocycles. The Morgan fingerprint density at radius 1 is 1.27 bits per heavy atom. The Bertz CT molecular complexity index is 509. The van der Waals surface area contributed by atoms with Crippen LogP contribution in [0.25, 0.3) is 0 Å². The number of aromatic nitrogens is 4. The fourth-order valence-corrected chi connectivity index (χ4v) is 1.42. The molecule has 0 bridgehead atoms. The van der Waals surface area contributed by atoms with Crippen LogP contribution in [0, 0.1) is 6.92 Å². The van der Waals surface area contributed by atoms with Crippen molar-refractivity contribution >= 4 is 5.78 Å². The van der Waals surface area contributed by atoms with E-state index < -0.39 is 0 Å². The number of carbonyl (C=O) groups is 1. The summed E-state index contributed by atoms with van der Waals surface area (Å²) in [6.07, 6.45) is 4.76. The number of rotatable bonds is 2. The zero-order valence-electron chi connectivity index (χ0n) is 8.93. The minimum Gasteiger partial charge on any atom is -0.331 e. The lowest BCUT2D eigenvalue weighted by Gasteiger charge is -2.02. The molecule has 2 heterocycles. The van der Waals surface area contributed by atoms with Gasteiger partial charge in [-0.25, -0.2) is 9.97 Å². The van der Waals surface area contributed by atoms with Gasteiger partial charge in [0.05, 0.1) is 18.7 Å². The molecule has 0 fully saturated rings. The summed E-state index contributed by atoms with van der Waals surface area (Å²) in [5, 5.41) is 0. The first-order chi connectivity index (χ1) is 7.11. The van der Waals surface area contributed by atoms with Gasteiger partial charge in [0.1, 0.15) is 17.2 Å². The monoisotopic (exact) mass is 204 g/mol. The molecule has 78 valence electrons. The standard InChI is InChI=1S/C10H12N4O/c1-7-12-5-9(14(7)3)10(15)8-4-11-6-13(8)2/h4-6H,1-3H3. The van der Waals surface area contributed by atoms with Gasteiger partial charge in [0.25, 0.3) is 0 Å². The maximum Gasteiger partial charge on any atom is 0.228 e. The van der Waals surface area contributed by atoms with Crippen LogP contribution in [0.5, 0.6) is 0 Å². The van der Waals surface area contributed by atoms with Gasteiger partial charge < -0.3 is 9.13 Å². The van der Waals surface area contributed by atoms with E-state index in [4.69, 9.17) is 0 Å². The van der Waals surface area contributed by atoms with Crippen molar-refractivity contribution in [3.05, 3.63) is 35.9 Å². The summed E-state index contributed by atoms with van der Waals surface area (Å²) in [6.45, 7) is 1.86. The second-order valence-corrected chi connectivity index (χ2v) is 3.47. The number of aryl methyl sites for hydroxylation is 2. The van der Waals surface area contributed by atoms with Crippen molar-refractivity contribution in [2.75, 3.05) is 0 Å². The maximum absolute atomic E-state index is 12.0. The number of nitrogens with zero attached hydrogens (tertiary/aromatic N) is 4. The molecule has 0 spiro atoms. The Morgan fingerprint density at radius 3 is 2.47 bits per heavy atom. The van der Waals surface area contributed by atoms with Gasteiger partial charge in [0.15, 0.2) is 0 Å². The van der Waals surface area contributed by atoms with Gasteiger partial charge in [-0.2, -0.15) is 0 Å². The smallest absolute Gasteiger partial charge is 0.228 e. The Morgan fingerprint density at radius 2 is 2.00 bits per heavy atom. The third-order valence-corrected chi connectivity index (χ3v) is 2.50. The molecule has 2 aromatic heterocycles. The van der Waals surface area contributed by atoms with Crippen molar-refractivity contribution in [2.45, 2.75) is 6.92 Å². The fraction of sp³-hybridized carbons (Fsp3) is 0.300. The third-order valence-electron chi connectivity index (χ3n) is 2.50. The summed E-state index contributed by atoms with van der Waals surface area (Å²) >= 11 is 0. The van der Waals surface area contributed by atoms with Gasteiger partial charge in [-0.3, -0.25) is 4.79 Å². The fourth-order valence-electron chi connectivity index (χ4n) is 1.42. The third kappa shape index (κ3) is 1.45. The normalized spacial score (nSPS) is 10.6. The van der Waals surface area contributed by atoms with Crippen LogP contribution < -0.4 is 0 Å². The van der Waals surface area contributed by atoms with Crippen LogP contribution in [0.3, 0.4) is 0 Å². The quantitative estimate of drug-likeness (QED) is 0.676. The van der Waals surface area contributed by atoms with E-state index in [1.807, 2.05) is 14.0 Å². The number of imidazole rings is 2. The lowest BCUT2D eigenvalue weighted by atomic mass is 10.2. The molecule has 0 saturated carbocycles. The summed E-state index contributed by atoms with van der Waals surface area (Å²) in [5.41, 5.74) is 1.15. The molecule has 15 heavy (non-hydrogen) atoms. The maximum atomic E-state index is 12.0. The molecule has 0 aliphatic carbocycles. The molecule has 5 nitrogen and oxygen atoms in total. The molecule has 0 unspecified atom stereocenters. The van der Waals surface area contributed by atoms with Crippen molar-refractivity contribution in [1.82, 2.24) is 19.1 Å². The zero-order valence-corrected chi connectivity index (χ0v) is 8.93. The van der Waals surface area contributed by atoms with Crippen molar-refractivity contribution < 1.29 is 4.79 Å². The Labute approximate surface area is 87.4 Å². The lowest BCUT2D eigenvalue weighted by molar-refractivity contribution is 0.102. The van der Waals surface area contributed by atoms with Crippen LogP contribution in [0.1, 0.15) is 22.0 Å². The van der Waals surface area contributed by atoms with E-state index in [-0.39, 0.29) is 5.78 Å². The van der Waals surface area contributed by atoms with E-state index in [1.165, 1.54) is 0 Å². The predicted octanol–water partition coefficient (Wildman–Crippen LogP) is 0.693. The first-order valence-electron chi connectivity index (χ1n) is 4.60. The van der Waals surface area contributed by atoms with Crippen molar-refractivity contribution in [3.8, 4) is 0 Å². The molecule has 2 aromatic rings. The van der Waals surface area contributed by atoms with Gasteiger partial charge in [-0.05, 0) is 6.92 Å². The van der Waals surface area contributed by atoms with Gasteiger partial charge in [0.2, 0.25) is 5.78 Å². The van der Waals surface area contributed by atoms with E-state index in [1.54, 1.807) is 34.9 Å². The van der Waals surface area contributed by atoms with Gasteiger partial charge in [-0.15, -0.1) is 0 Å². The summed E-state index contributed by atoms with van der Waals surface area (Å²) in [5.74, 6) is 0.763. The minimum atomic E-state index is -0.0573. The molecule has 0 radical (unpaired) electrons. The lowest BCUT2D eigenvalue weighted by Crippen LogP contribution is -2.11. The highest BCUT2D eigenvalue weighted by atomic mass is 16.1. The molecular formula is C10H12N4O. The first-order valence-corrected chi connectivity index (χ1v) is 4.60. The van der Waals surface area contributed by atoms with E-state index in [9.17, 15) is 4.79 Å². The zero-order chi connectivity index (χ0) is 11.0. The van der Waals surface area contributed by atoms with Crippen molar-refractivity contribution in [2.24, 2.45) is 14.1 Å². The molecular weight excluding hydrogens is 192 g/mol. The molecule has 0 saturated heterocycles. The molecule has 0 atom stereocenters. The highest BCUT2D eigenvalue weighted by Gasteiger charge is 2.16. The second kappa shape index (κ2) is 3.34. The largest absolute Gasteiger partial charge is 0.331 e. The summed E-state index contributed by atoms with van der Waals surface area (Å²) in [7, 11) is 3.62. The van der Waals surface area contributed by atoms with E-state index in [0.717, 1.165) is 5.82 Å². The average Bonchev–Trinajstić information content (AvgIpc) is 2.75. The molecule has 0 amide bonds. The van der Waals surface area contributed by atoms with Gasteiger partial charge in [-0.1, -0.05) is 0 Å². The second-order valence-electron chi connectivity index (χ2n) is 3.47. The summed E-state index contributed by atoms with van der Waals surface area (Å²) < 4.78 is 3.47.